The zero-order valence-electron chi connectivity index (χ0n) is 12.0. The molecule has 20 heavy (non-hydrogen) atoms. The lowest BCUT2D eigenvalue weighted by Crippen LogP contribution is -1.95. The molecule has 1 heterocycles. The van der Waals surface area contributed by atoms with Crippen LogP contribution in [0.5, 0.6) is 5.75 Å². The van der Waals surface area contributed by atoms with Crippen LogP contribution in [0.1, 0.15) is 18.1 Å². The van der Waals surface area contributed by atoms with Crippen molar-refractivity contribution in [2.45, 2.75) is 27.0 Å². The maximum absolute atomic E-state index is 5.90. The zero-order chi connectivity index (χ0) is 13.9. The van der Waals surface area contributed by atoms with Crippen LogP contribution in [0.15, 0.2) is 54.7 Å². The van der Waals surface area contributed by atoms with Crippen LogP contribution in [0.4, 0.5) is 0 Å². The summed E-state index contributed by atoms with van der Waals surface area (Å²) in [6.45, 7) is 5.92. The van der Waals surface area contributed by atoms with Crippen LogP contribution in [-0.2, 0) is 13.2 Å². The topological polar surface area (TPSA) is 14.2 Å². The van der Waals surface area contributed by atoms with Gasteiger partial charge in [0.25, 0.3) is 0 Å². The minimum atomic E-state index is 0.609. The molecule has 2 nitrogen and oxygen atoms in total. The summed E-state index contributed by atoms with van der Waals surface area (Å²) in [6, 6.07) is 16.4. The van der Waals surface area contributed by atoms with Gasteiger partial charge in [-0.05, 0) is 37.6 Å². The zero-order valence-corrected chi connectivity index (χ0v) is 12.0. The largest absolute Gasteiger partial charge is 0.489 e. The quantitative estimate of drug-likeness (QED) is 0.675. The number of para-hydroxylation sites is 1. The molecule has 0 fully saturated rings. The summed E-state index contributed by atoms with van der Waals surface area (Å²) in [4.78, 5) is 0. The number of nitrogens with zero attached hydrogens (tertiary/aromatic N) is 1. The molecular formula is C18H19NO. The highest BCUT2D eigenvalue weighted by molar-refractivity contribution is 5.87. The molecule has 0 amide bonds. The first-order valence-corrected chi connectivity index (χ1v) is 7.04. The summed E-state index contributed by atoms with van der Waals surface area (Å²) in [6.07, 6.45) is 2.21. The fourth-order valence-electron chi connectivity index (χ4n) is 2.68. The average molecular weight is 265 g/mol. The number of aromatic nitrogens is 1. The van der Waals surface area contributed by atoms with Crippen LogP contribution < -0.4 is 4.74 Å². The molecule has 0 aliphatic heterocycles. The van der Waals surface area contributed by atoms with Gasteiger partial charge in [-0.25, -0.2) is 0 Å². The molecule has 0 bridgehead atoms. The number of hydrogen-bond donors (Lipinski definition) is 0. The second kappa shape index (κ2) is 5.41. The summed E-state index contributed by atoms with van der Waals surface area (Å²) >= 11 is 0. The Bertz CT molecular complexity index is 713. The van der Waals surface area contributed by atoms with Gasteiger partial charge in [0.15, 0.2) is 0 Å². The Kier molecular flexibility index (Phi) is 3.46. The smallest absolute Gasteiger partial charge is 0.119 e. The van der Waals surface area contributed by atoms with E-state index in [-0.39, 0.29) is 0 Å². The minimum absolute atomic E-state index is 0.609. The Morgan fingerprint density at radius 1 is 1.00 bits per heavy atom. The Morgan fingerprint density at radius 2 is 1.80 bits per heavy atom. The highest BCUT2D eigenvalue weighted by Crippen LogP contribution is 2.26. The number of benzene rings is 2. The first kappa shape index (κ1) is 12.8. The first-order chi connectivity index (χ1) is 9.79. The Morgan fingerprint density at radius 3 is 2.55 bits per heavy atom. The van der Waals surface area contributed by atoms with E-state index in [0.29, 0.717) is 6.61 Å². The number of hydrogen-bond acceptors (Lipinski definition) is 1. The van der Waals surface area contributed by atoms with Crippen molar-refractivity contribution in [2.24, 2.45) is 0 Å². The lowest BCUT2D eigenvalue weighted by Gasteiger charge is -2.06. The molecule has 1 aromatic heterocycles. The first-order valence-electron chi connectivity index (χ1n) is 7.04. The molecule has 0 spiro atoms. The predicted molar refractivity (Wildman–Crippen MR) is 83.1 cm³/mol. The summed E-state index contributed by atoms with van der Waals surface area (Å²) in [5.74, 6) is 0.915. The molecule has 3 rings (SSSR count). The van der Waals surface area contributed by atoms with Gasteiger partial charge < -0.3 is 9.30 Å². The summed E-state index contributed by atoms with van der Waals surface area (Å²) in [5.41, 5.74) is 3.85. The lowest BCUT2D eigenvalue weighted by atomic mass is 10.1. The molecule has 3 aromatic rings. The average Bonchev–Trinajstić information content (AvgIpc) is 2.86. The Balaban J connectivity index is 1.95. The van der Waals surface area contributed by atoms with E-state index in [1.165, 1.54) is 22.0 Å². The van der Waals surface area contributed by atoms with E-state index < -0.39 is 0 Å². The van der Waals surface area contributed by atoms with E-state index in [0.717, 1.165) is 12.3 Å². The van der Waals surface area contributed by atoms with Gasteiger partial charge in [0.05, 0.1) is 0 Å². The van der Waals surface area contributed by atoms with Crippen LogP contribution in [0, 0.1) is 6.92 Å². The van der Waals surface area contributed by atoms with Crippen molar-refractivity contribution in [1.29, 1.82) is 0 Å². The van der Waals surface area contributed by atoms with Crippen molar-refractivity contribution in [3.63, 3.8) is 0 Å². The minimum Gasteiger partial charge on any atom is -0.489 e. The van der Waals surface area contributed by atoms with Crippen molar-refractivity contribution in [3.8, 4) is 5.75 Å². The van der Waals surface area contributed by atoms with Crippen molar-refractivity contribution >= 4 is 10.9 Å². The predicted octanol–water partition coefficient (Wildman–Crippen LogP) is 4.55. The molecule has 2 heteroatoms. The molecule has 0 saturated carbocycles. The van der Waals surface area contributed by atoms with Crippen molar-refractivity contribution in [3.05, 3.63) is 65.9 Å². The van der Waals surface area contributed by atoms with E-state index in [2.05, 4.69) is 42.8 Å². The normalized spacial score (nSPS) is 10.9. The van der Waals surface area contributed by atoms with Gasteiger partial charge in [-0.15, -0.1) is 0 Å². The molecule has 0 radical (unpaired) electrons. The monoisotopic (exact) mass is 265 g/mol. The van der Waals surface area contributed by atoms with Gasteiger partial charge in [-0.1, -0.05) is 30.3 Å². The van der Waals surface area contributed by atoms with Crippen LogP contribution in [-0.4, -0.2) is 4.57 Å². The van der Waals surface area contributed by atoms with Gasteiger partial charge in [0.2, 0.25) is 0 Å². The van der Waals surface area contributed by atoms with Gasteiger partial charge in [-0.2, -0.15) is 0 Å². The van der Waals surface area contributed by atoms with Crippen LogP contribution >= 0.6 is 0 Å². The molecule has 102 valence electrons. The third kappa shape index (κ3) is 2.29. The van der Waals surface area contributed by atoms with E-state index in [4.69, 9.17) is 4.74 Å². The standard InChI is InChI=1S/C18H19NO/c1-3-19-12-15(13-20-16-9-5-4-6-10-16)18-14(2)8-7-11-17(18)19/h4-12H,3,13H2,1-2H3. The van der Waals surface area contributed by atoms with Crippen LogP contribution in [0.25, 0.3) is 10.9 Å². The molecule has 0 N–H and O–H groups in total. The van der Waals surface area contributed by atoms with Gasteiger partial charge in [0.1, 0.15) is 12.4 Å². The fraction of sp³-hybridized carbons (Fsp3) is 0.222. The van der Waals surface area contributed by atoms with E-state index >= 15 is 0 Å². The second-order valence-electron chi connectivity index (χ2n) is 5.01. The SMILES string of the molecule is CCn1cc(COc2ccccc2)c2c(C)cccc21. The summed E-state index contributed by atoms with van der Waals surface area (Å²) in [7, 11) is 0. The molecule has 0 aliphatic rings. The third-order valence-corrected chi connectivity index (χ3v) is 3.67. The van der Waals surface area contributed by atoms with E-state index in [1.54, 1.807) is 0 Å². The molecule has 0 saturated heterocycles. The van der Waals surface area contributed by atoms with Gasteiger partial charge in [0, 0.05) is 29.2 Å². The Labute approximate surface area is 119 Å². The number of fused-ring (bicyclic) bond motifs is 1. The third-order valence-electron chi connectivity index (χ3n) is 3.67. The van der Waals surface area contributed by atoms with Crippen LogP contribution in [0.2, 0.25) is 0 Å². The maximum Gasteiger partial charge on any atom is 0.119 e. The number of aryl methyl sites for hydroxylation is 2. The van der Waals surface area contributed by atoms with E-state index in [1.807, 2.05) is 30.3 Å². The van der Waals surface area contributed by atoms with Gasteiger partial charge >= 0.3 is 0 Å². The molecule has 0 aliphatic carbocycles. The van der Waals surface area contributed by atoms with Crippen molar-refractivity contribution in [2.75, 3.05) is 0 Å². The highest BCUT2D eigenvalue weighted by Gasteiger charge is 2.10. The summed E-state index contributed by atoms with van der Waals surface area (Å²) < 4.78 is 8.18. The van der Waals surface area contributed by atoms with Crippen molar-refractivity contribution < 1.29 is 4.74 Å². The van der Waals surface area contributed by atoms with Crippen LogP contribution in [0.3, 0.4) is 0 Å². The highest BCUT2D eigenvalue weighted by atomic mass is 16.5. The maximum atomic E-state index is 5.90. The lowest BCUT2D eigenvalue weighted by molar-refractivity contribution is 0.307. The van der Waals surface area contributed by atoms with Crippen molar-refractivity contribution in [1.82, 2.24) is 4.57 Å². The Hall–Kier alpha value is -2.22. The molecular weight excluding hydrogens is 246 g/mol. The molecule has 2 aromatic carbocycles. The molecule has 0 unspecified atom stereocenters. The number of ether oxygens (including phenoxy) is 1. The second-order valence-corrected chi connectivity index (χ2v) is 5.01. The summed E-state index contributed by atoms with van der Waals surface area (Å²) in [5, 5.41) is 1.32. The number of rotatable bonds is 4. The van der Waals surface area contributed by atoms with E-state index in [9.17, 15) is 0 Å². The fourth-order valence-corrected chi connectivity index (χ4v) is 2.68. The molecule has 0 atom stereocenters. The van der Waals surface area contributed by atoms with Gasteiger partial charge in [-0.3, -0.25) is 0 Å².